The van der Waals surface area contributed by atoms with Crippen molar-refractivity contribution in [1.82, 2.24) is 10.2 Å². The Kier molecular flexibility index (Phi) is 7.25. The Morgan fingerprint density at radius 2 is 1.67 bits per heavy atom. The van der Waals surface area contributed by atoms with E-state index in [-0.39, 0.29) is 0 Å². The zero-order valence-electron chi connectivity index (χ0n) is 13.1. The van der Waals surface area contributed by atoms with Gasteiger partial charge in [-0.2, -0.15) is 0 Å². The lowest BCUT2D eigenvalue weighted by Gasteiger charge is -2.44. The second kappa shape index (κ2) is 8.16. The van der Waals surface area contributed by atoms with Crippen LogP contribution in [-0.2, 0) is 0 Å². The van der Waals surface area contributed by atoms with Crippen LogP contribution in [0.2, 0.25) is 0 Å². The topological polar surface area (TPSA) is 15.3 Å². The molecule has 1 aliphatic heterocycles. The number of hydrogen-bond acceptors (Lipinski definition) is 2. The molecule has 0 aliphatic carbocycles. The first-order valence-corrected chi connectivity index (χ1v) is 8.16. The minimum absolute atomic E-state index is 0.658. The molecule has 0 saturated carbocycles. The zero-order valence-corrected chi connectivity index (χ0v) is 13.1. The zero-order chi connectivity index (χ0) is 13.4. The molecule has 1 unspecified atom stereocenters. The molecule has 1 rings (SSSR count). The Hall–Kier alpha value is -0.0800. The summed E-state index contributed by atoms with van der Waals surface area (Å²) in [7, 11) is 0. The van der Waals surface area contributed by atoms with E-state index in [1.54, 1.807) is 0 Å². The summed E-state index contributed by atoms with van der Waals surface area (Å²) in [6, 6.07) is 0.753. The van der Waals surface area contributed by atoms with E-state index in [9.17, 15) is 0 Å². The molecule has 0 aromatic heterocycles. The Balaban J connectivity index is 2.39. The van der Waals surface area contributed by atoms with E-state index in [0.29, 0.717) is 5.41 Å². The molecule has 0 aromatic carbocycles. The van der Waals surface area contributed by atoms with Crippen molar-refractivity contribution in [2.45, 2.75) is 72.3 Å². The Labute approximate surface area is 115 Å². The van der Waals surface area contributed by atoms with Crippen LogP contribution in [0.25, 0.3) is 0 Å². The van der Waals surface area contributed by atoms with Gasteiger partial charge in [-0.25, -0.2) is 0 Å². The molecule has 2 nitrogen and oxygen atoms in total. The van der Waals surface area contributed by atoms with Crippen LogP contribution in [-0.4, -0.2) is 37.1 Å². The van der Waals surface area contributed by atoms with Gasteiger partial charge in [0.2, 0.25) is 0 Å². The van der Waals surface area contributed by atoms with Gasteiger partial charge in [0.1, 0.15) is 0 Å². The second-order valence-corrected chi connectivity index (χ2v) is 6.01. The molecule has 0 spiro atoms. The first-order chi connectivity index (χ1) is 8.71. The van der Waals surface area contributed by atoms with Gasteiger partial charge in [0, 0.05) is 12.6 Å². The molecule has 108 valence electrons. The van der Waals surface area contributed by atoms with Crippen molar-refractivity contribution >= 4 is 0 Å². The van der Waals surface area contributed by atoms with Crippen LogP contribution in [0, 0.1) is 5.41 Å². The maximum absolute atomic E-state index is 3.59. The summed E-state index contributed by atoms with van der Waals surface area (Å²) in [6.45, 7) is 14.3. The van der Waals surface area contributed by atoms with E-state index in [2.05, 4.69) is 37.9 Å². The predicted octanol–water partition coefficient (Wildman–Crippen LogP) is 3.67. The van der Waals surface area contributed by atoms with Crippen molar-refractivity contribution in [2.75, 3.05) is 26.2 Å². The summed E-state index contributed by atoms with van der Waals surface area (Å²) in [5.74, 6) is 0. The highest BCUT2D eigenvalue weighted by atomic mass is 15.2. The van der Waals surface area contributed by atoms with Crippen molar-refractivity contribution in [2.24, 2.45) is 5.41 Å². The summed E-state index contributed by atoms with van der Waals surface area (Å²) in [6.07, 6.45) is 8.06. The third-order valence-electron chi connectivity index (χ3n) is 5.15. The summed E-state index contributed by atoms with van der Waals surface area (Å²) in [4.78, 5) is 2.73. The van der Waals surface area contributed by atoms with Crippen LogP contribution in [0.4, 0.5) is 0 Å². The van der Waals surface area contributed by atoms with Gasteiger partial charge in [-0.05, 0) is 50.7 Å². The number of nitrogens with zero attached hydrogens (tertiary/aromatic N) is 1. The predicted molar refractivity (Wildman–Crippen MR) is 81.1 cm³/mol. The molecule has 2 heteroatoms. The molecular weight excluding hydrogens is 220 g/mol. The maximum atomic E-state index is 3.59. The monoisotopic (exact) mass is 254 g/mol. The van der Waals surface area contributed by atoms with E-state index in [0.717, 1.165) is 12.6 Å². The number of hydrogen-bond donors (Lipinski definition) is 1. The number of nitrogens with one attached hydrogen (secondary N) is 1. The standard InChI is InChI=1S/C16H34N2/c1-5-11-17-14-15(6-2)18-12-9-16(7-3,8-4)10-13-18/h15,17H,5-14H2,1-4H3. The highest BCUT2D eigenvalue weighted by Gasteiger charge is 2.32. The normalized spacial score (nSPS) is 22.0. The molecule has 1 aliphatic rings. The average Bonchev–Trinajstić information content (AvgIpc) is 2.44. The lowest BCUT2D eigenvalue weighted by atomic mass is 9.74. The first-order valence-electron chi connectivity index (χ1n) is 8.16. The van der Waals surface area contributed by atoms with E-state index < -0.39 is 0 Å². The molecular formula is C16H34N2. The molecule has 0 bridgehead atoms. The van der Waals surface area contributed by atoms with E-state index in [4.69, 9.17) is 0 Å². The van der Waals surface area contributed by atoms with Gasteiger partial charge in [-0.3, -0.25) is 4.90 Å². The van der Waals surface area contributed by atoms with Gasteiger partial charge in [-0.1, -0.05) is 40.5 Å². The fraction of sp³-hybridized carbons (Fsp3) is 1.00. The van der Waals surface area contributed by atoms with Crippen molar-refractivity contribution in [3.63, 3.8) is 0 Å². The average molecular weight is 254 g/mol. The number of piperidine rings is 1. The van der Waals surface area contributed by atoms with Gasteiger partial charge in [0.25, 0.3) is 0 Å². The first kappa shape index (κ1) is 16.0. The fourth-order valence-electron chi connectivity index (χ4n) is 3.30. The largest absolute Gasteiger partial charge is 0.315 e. The Morgan fingerprint density at radius 1 is 1.06 bits per heavy atom. The highest BCUT2D eigenvalue weighted by molar-refractivity contribution is 4.86. The molecule has 18 heavy (non-hydrogen) atoms. The van der Waals surface area contributed by atoms with Gasteiger partial charge in [0.05, 0.1) is 0 Å². The fourth-order valence-corrected chi connectivity index (χ4v) is 3.30. The number of likely N-dealkylation sites (tertiary alicyclic amines) is 1. The van der Waals surface area contributed by atoms with Crippen LogP contribution in [0.1, 0.15) is 66.2 Å². The molecule has 0 aromatic rings. The quantitative estimate of drug-likeness (QED) is 0.665. The van der Waals surface area contributed by atoms with Crippen molar-refractivity contribution in [1.29, 1.82) is 0 Å². The lowest BCUT2D eigenvalue weighted by Crippen LogP contribution is -2.48. The SMILES string of the molecule is CCCNCC(CC)N1CCC(CC)(CC)CC1. The summed E-state index contributed by atoms with van der Waals surface area (Å²) in [5.41, 5.74) is 0.658. The van der Waals surface area contributed by atoms with Crippen LogP contribution < -0.4 is 5.32 Å². The van der Waals surface area contributed by atoms with Crippen molar-refractivity contribution in [3.8, 4) is 0 Å². The van der Waals surface area contributed by atoms with Crippen LogP contribution >= 0.6 is 0 Å². The summed E-state index contributed by atoms with van der Waals surface area (Å²) in [5, 5.41) is 3.59. The maximum Gasteiger partial charge on any atom is 0.0218 e. The summed E-state index contributed by atoms with van der Waals surface area (Å²) >= 11 is 0. The third kappa shape index (κ3) is 4.24. The van der Waals surface area contributed by atoms with Crippen LogP contribution in [0.15, 0.2) is 0 Å². The molecule has 1 N–H and O–H groups in total. The summed E-state index contributed by atoms with van der Waals surface area (Å²) < 4.78 is 0. The Bertz CT molecular complexity index is 201. The molecule has 1 heterocycles. The van der Waals surface area contributed by atoms with Gasteiger partial charge in [-0.15, -0.1) is 0 Å². The minimum Gasteiger partial charge on any atom is -0.315 e. The van der Waals surface area contributed by atoms with Gasteiger partial charge >= 0.3 is 0 Å². The van der Waals surface area contributed by atoms with Crippen LogP contribution in [0.3, 0.4) is 0 Å². The minimum atomic E-state index is 0.658. The van der Waals surface area contributed by atoms with Gasteiger partial charge < -0.3 is 5.32 Å². The number of rotatable bonds is 8. The van der Waals surface area contributed by atoms with Gasteiger partial charge in [0.15, 0.2) is 0 Å². The Morgan fingerprint density at radius 3 is 2.11 bits per heavy atom. The highest BCUT2D eigenvalue weighted by Crippen LogP contribution is 2.38. The molecule has 1 saturated heterocycles. The van der Waals surface area contributed by atoms with E-state index >= 15 is 0 Å². The van der Waals surface area contributed by atoms with Crippen molar-refractivity contribution < 1.29 is 0 Å². The molecule has 1 atom stereocenters. The second-order valence-electron chi connectivity index (χ2n) is 6.01. The van der Waals surface area contributed by atoms with E-state index in [1.165, 1.54) is 58.2 Å². The smallest absolute Gasteiger partial charge is 0.0218 e. The molecule has 0 amide bonds. The molecule has 0 radical (unpaired) electrons. The third-order valence-corrected chi connectivity index (χ3v) is 5.15. The lowest BCUT2D eigenvalue weighted by molar-refractivity contribution is 0.0644. The molecule has 1 fully saturated rings. The van der Waals surface area contributed by atoms with E-state index in [1.807, 2.05) is 0 Å². The van der Waals surface area contributed by atoms with Crippen molar-refractivity contribution in [3.05, 3.63) is 0 Å². The van der Waals surface area contributed by atoms with Crippen LogP contribution in [0.5, 0.6) is 0 Å².